The van der Waals surface area contributed by atoms with Crippen LogP contribution in [0.1, 0.15) is 19.8 Å². The third-order valence-corrected chi connectivity index (χ3v) is 2.90. The molecule has 0 bridgehead atoms. The second-order valence-electron chi connectivity index (χ2n) is 4.15. The molecule has 1 aromatic rings. The Morgan fingerprint density at radius 1 is 1.69 bits per heavy atom. The molecule has 1 unspecified atom stereocenters. The highest BCUT2D eigenvalue weighted by Gasteiger charge is 2.29. The second-order valence-corrected chi connectivity index (χ2v) is 4.15. The lowest BCUT2D eigenvalue weighted by atomic mass is 10.2. The number of anilines is 1. The zero-order chi connectivity index (χ0) is 11.5. The van der Waals surface area contributed by atoms with Crippen LogP contribution in [0.5, 0.6) is 0 Å². The van der Waals surface area contributed by atoms with Crippen LogP contribution in [0.25, 0.3) is 0 Å². The molecule has 0 amide bonds. The first-order valence-electron chi connectivity index (χ1n) is 5.69. The van der Waals surface area contributed by atoms with Gasteiger partial charge in [0.2, 0.25) is 0 Å². The molecular weight excluding hydrogens is 206 g/mol. The third kappa shape index (κ3) is 2.41. The molecule has 16 heavy (non-hydrogen) atoms. The summed E-state index contributed by atoms with van der Waals surface area (Å²) >= 11 is 0. The van der Waals surface area contributed by atoms with Crippen LogP contribution in [0, 0.1) is 5.92 Å². The molecule has 1 saturated carbocycles. The van der Waals surface area contributed by atoms with E-state index in [-0.39, 0.29) is 11.7 Å². The highest BCUT2D eigenvalue weighted by atomic mass is 16.3. The fourth-order valence-corrected chi connectivity index (χ4v) is 1.67. The van der Waals surface area contributed by atoms with E-state index in [9.17, 15) is 9.90 Å². The molecule has 1 aliphatic carbocycles. The first-order chi connectivity index (χ1) is 7.72. The molecule has 88 valence electrons. The van der Waals surface area contributed by atoms with Gasteiger partial charge in [0.15, 0.2) is 5.82 Å². The van der Waals surface area contributed by atoms with E-state index >= 15 is 0 Å². The van der Waals surface area contributed by atoms with Crippen LogP contribution in [-0.4, -0.2) is 27.3 Å². The van der Waals surface area contributed by atoms with Gasteiger partial charge in [-0.3, -0.25) is 4.79 Å². The largest absolute Gasteiger partial charge is 0.391 e. The predicted molar refractivity (Wildman–Crippen MR) is 61.4 cm³/mol. The van der Waals surface area contributed by atoms with Gasteiger partial charge in [-0.1, -0.05) is 0 Å². The standard InChI is InChI=1S/C11H17N3O2/c1-2-14-6-5-12-10(11(14)16)13-7-9(15)8-3-4-8/h5-6,8-9,15H,2-4,7H2,1H3,(H,12,13). The van der Waals surface area contributed by atoms with Crippen molar-refractivity contribution in [1.29, 1.82) is 0 Å². The Hall–Kier alpha value is -1.36. The molecule has 0 aromatic carbocycles. The normalized spacial score (nSPS) is 17.1. The molecule has 1 aliphatic rings. The van der Waals surface area contributed by atoms with E-state index in [0.717, 1.165) is 12.8 Å². The van der Waals surface area contributed by atoms with Crippen LogP contribution in [0.3, 0.4) is 0 Å². The first kappa shape index (κ1) is 11.1. The van der Waals surface area contributed by atoms with Gasteiger partial charge in [0, 0.05) is 25.5 Å². The minimum absolute atomic E-state index is 0.131. The van der Waals surface area contributed by atoms with Crippen molar-refractivity contribution >= 4 is 5.82 Å². The topological polar surface area (TPSA) is 67.2 Å². The van der Waals surface area contributed by atoms with Crippen LogP contribution in [0.4, 0.5) is 5.82 Å². The minimum Gasteiger partial charge on any atom is -0.391 e. The third-order valence-electron chi connectivity index (χ3n) is 2.90. The van der Waals surface area contributed by atoms with Crippen LogP contribution >= 0.6 is 0 Å². The highest BCUT2D eigenvalue weighted by Crippen LogP contribution is 2.32. The molecule has 0 radical (unpaired) electrons. The van der Waals surface area contributed by atoms with Gasteiger partial charge in [-0.15, -0.1) is 0 Å². The summed E-state index contributed by atoms with van der Waals surface area (Å²) < 4.78 is 1.58. The summed E-state index contributed by atoms with van der Waals surface area (Å²) in [4.78, 5) is 15.7. The Balaban J connectivity index is 2.00. The maximum Gasteiger partial charge on any atom is 0.293 e. The molecule has 1 aromatic heterocycles. The SMILES string of the molecule is CCn1ccnc(NCC(O)C2CC2)c1=O. The number of nitrogens with zero attached hydrogens (tertiary/aromatic N) is 2. The monoisotopic (exact) mass is 223 g/mol. The van der Waals surface area contributed by atoms with Gasteiger partial charge in [-0.05, 0) is 25.7 Å². The van der Waals surface area contributed by atoms with Gasteiger partial charge in [0.25, 0.3) is 5.56 Å². The van der Waals surface area contributed by atoms with Crippen molar-refractivity contribution in [2.24, 2.45) is 5.92 Å². The Kier molecular flexibility index (Phi) is 3.24. The summed E-state index contributed by atoms with van der Waals surface area (Å²) in [6, 6.07) is 0. The minimum atomic E-state index is -0.364. The smallest absolute Gasteiger partial charge is 0.293 e. The van der Waals surface area contributed by atoms with E-state index in [2.05, 4.69) is 10.3 Å². The molecule has 1 atom stereocenters. The molecule has 0 spiro atoms. The lowest BCUT2D eigenvalue weighted by Crippen LogP contribution is -2.28. The lowest BCUT2D eigenvalue weighted by Gasteiger charge is -2.11. The summed E-state index contributed by atoms with van der Waals surface area (Å²) in [5, 5.41) is 12.6. The molecular formula is C11H17N3O2. The van der Waals surface area contributed by atoms with Crippen molar-refractivity contribution < 1.29 is 5.11 Å². The maximum absolute atomic E-state index is 11.8. The molecule has 0 aliphatic heterocycles. The summed E-state index contributed by atoms with van der Waals surface area (Å²) in [7, 11) is 0. The maximum atomic E-state index is 11.8. The van der Waals surface area contributed by atoms with E-state index in [4.69, 9.17) is 0 Å². The summed E-state index contributed by atoms with van der Waals surface area (Å²) in [5.41, 5.74) is -0.131. The van der Waals surface area contributed by atoms with Gasteiger partial charge in [-0.25, -0.2) is 4.98 Å². The van der Waals surface area contributed by atoms with E-state index in [1.54, 1.807) is 17.0 Å². The number of aryl methyl sites for hydroxylation is 1. The average molecular weight is 223 g/mol. The van der Waals surface area contributed by atoms with Gasteiger partial charge < -0.3 is 15.0 Å². The van der Waals surface area contributed by atoms with Gasteiger partial charge >= 0.3 is 0 Å². The predicted octanol–water partition coefficient (Wildman–Crippen LogP) is 0.446. The van der Waals surface area contributed by atoms with Crippen LogP contribution in [0.2, 0.25) is 0 Å². The molecule has 0 saturated heterocycles. The fourth-order valence-electron chi connectivity index (χ4n) is 1.67. The number of aliphatic hydroxyl groups is 1. The number of hydrogen-bond acceptors (Lipinski definition) is 4. The number of aliphatic hydroxyl groups excluding tert-OH is 1. The summed E-state index contributed by atoms with van der Waals surface area (Å²) in [6.07, 6.45) is 5.06. The first-order valence-corrected chi connectivity index (χ1v) is 5.69. The Labute approximate surface area is 94.1 Å². The van der Waals surface area contributed by atoms with Crippen molar-refractivity contribution in [2.45, 2.75) is 32.4 Å². The van der Waals surface area contributed by atoms with Crippen LogP contribution in [-0.2, 0) is 6.54 Å². The zero-order valence-electron chi connectivity index (χ0n) is 9.39. The van der Waals surface area contributed by atoms with Crippen LogP contribution in [0.15, 0.2) is 17.2 Å². The highest BCUT2D eigenvalue weighted by molar-refractivity contribution is 5.30. The van der Waals surface area contributed by atoms with Crippen molar-refractivity contribution in [1.82, 2.24) is 9.55 Å². The Morgan fingerprint density at radius 2 is 2.44 bits per heavy atom. The van der Waals surface area contributed by atoms with E-state index < -0.39 is 0 Å². The van der Waals surface area contributed by atoms with Gasteiger partial charge in [0.1, 0.15) is 0 Å². The Morgan fingerprint density at radius 3 is 3.06 bits per heavy atom. The van der Waals surface area contributed by atoms with Crippen molar-refractivity contribution in [3.05, 3.63) is 22.7 Å². The van der Waals surface area contributed by atoms with Crippen molar-refractivity contribution in [2.75, 3.05) is 11.9 Å². The zero-order valence-corrected chi connectivity index (χ0v) is 9.39. The number of nitrogens with one attached hydrogen (secondary N) is 1. The van der Waals surface area contributed by atoms with E-state index in [0.29, 0.717) is 24.8 Å². The number of hydrogen-bond donors (Lipinski definition) is 2. The molecule has 5 nitrogen and oxygen atoms in total. The number of rotatable bonds is 5. The summed E-state index contributed by atoms with van der Waals surface area (Å²) in [6.45, 7) is 2.94. The summed E-state index contributed by atoms with van der Waals surface area (Å²) in [5.74, 6) is 0.730. The molecule has 1 fully saturated rings. The van der Waals surface area contributed by atoms with Crippen molar-refractivity contribution in [3.63, 3.8) is 0 Å². The average Bonchev–Trinajstić information content (AvgIpc) is 3.11. The van der Waals surface area contributed by atoms with Crippen LogP contribution < -0.4 is 10.9 Å². The van der Waals surface area contributed by atoms with Gasteiger partial charge in [-0.2, -0.15) is 0 Å². The molecule has 1 heterocycles. The molecule has 2 N–H and O–H groups in total. The quantitative estimate of drug-likeness (QED) is 0.760. The molecule has 5 heteroatoms. The second kappa shape index (κ2) is 4.65. The van der Waals surface area contributed by atoms with E-state index in [1.807, 2.05) is 6.92 Å². The molecule has 2 rings (SSSR count). The fraction of sp³-hybridized carbons (Fsp3) is 0.636. The van der Waals surface area contributed by atoms with Crippen molar-refractivity contribution in [3.8, 4) is 0 Å². The van der Waals surface area contributed by atoms with Gasteiger partial charge in [0.05, 0.1) is 6.10 Å². The lowest BCUT2D eigenvalue weighted by molar-refractivity contribution is 0.164. The van der Waals surface area contributed by atoms with E-state index in [1.165, 1.54) is 0 Å². The Bertz CT molecular complexity index is 412. The number of aromatic nitrogens is 2.